The highest BCUT2D eigenvalue weighted by atomic mass is 32.2. The van der Waals surface area contributed by atoms with E-state index in [9.17, 15) is 18.0 Å². The van der Waals surface area contributed by atoms with Gasteiger partial charge in [-0.2, -0.15) is 4.31 Å². The molecule has 0 amide bonds. The minimum Gasteiger partial charge on any atom is -0.480 e. The van der Waals surface area contributed by atoms with E-state index in [0.717, 1.165) is 4.31 Å². The number of esters is 1. The van der Waals surface area contributed by atoms with Gasteiger partial charge in [0.1, 0.15) is 6.04 Å². The number of ether oxygens (including phenoxy) is 1. The highest BCUT2D eigenvalue weighted by Gasteiger charge is 2.38. The summed E-state index contributed by atoms with van der Waals surface area (Å²) in [5, 5.41) is 9.10. The molecule has 0 spiro atoms. The average molecular weight is 341 g/mol. The highest BCUT2D eigenvalue weighted by Crippen LogP contribution is 2.23. The topological polar surface area (TPSA) is 101 Å². The first-order valence-corrected chi connectivity index (χ1v) is 8.94. The van der Waals surface area contributed by atoms with E-state index in [1.807, 2.05) is 0 Å². The molecular weight excluding hydrogens is 322 g/mol. The van der Waals surface area contributed by atoms with Gasteiger partial charge in [0.05, 0.1) is 17.9 Å². The first kappa shape index (κ1) is 17.4. The fraction of sp³-hybridized carbons (Fsp3) is 0.467. The molecule has 0 radical (unpaired) electrons. The van der Waals surface area contributed by atoms with E-state index in [1.54, 1.807) is 6.92 Å². The van der Waals surface area contributed by atoms with E-state index < -0.39 is 28.0 Å². The van der Waals surface area contributed by atoms with Crippen molar-refractivity contribution in [3.05, 3.63) is 35.4 Å². The summed E-state index contributed by atoms with van der Waals surface area (Å²) < 4.78 is 30.7. The molecule has 1 saturated heterocycles. The average Bonchev–Trinajstić information content (AvgIpc) is 2.98. The summed E-state index contributed by atoms with van der Waals surface area (Å²) >= 11 is 0. The number of hydrogen-bond donors (Lipinski definition) is 1. The number of nitrogens with zero attached hydrogens (tertiary/aromatic N) is 1. The van der Waals surface area contributed by atoms with Gasteiger partial charge in [-0.3, -0.25) is 4.79 Å². The molecule has 1 aromatic rings. The van der Waals surface area contributed by atoms with Crippen LogP contribution in [0.25, 0.3) is 0 Å². The van der Waals surface area contributed by atoms with E-state index >= 15 is 0 Å². The molecular formula is C15H19NO6S. The number of aliphatic carboxylic acids is 1. The summed E-state index contributed by atoms with van der Waals surface area (Å²) in [6.07, 6.45) is 0.869. The highest BCUT2D eigenvalue weighted by molar-refractivity contribution is 7.88. The van der Waals surface area contributed by atoms with Crippen molar-refractivity contribution in [1.82, 2.24) is 4.31 Å². The van der Waals surface area contributed by atoms with Gasteiger partial charge in [-0.05, 0) is 37.5 Å². The second kappa shape index (κ2) is 7.10. The number of carboxylic acid groups (broad SMARTS) is 1. The van der Waals surface area contributed by atoms with Crippen LogP contribution in [-0.2, 0) is 25.3 Å². The van der Waals surface area contributed by atoms with Crippen LogP contribution in [0.3, 0.4) is 0 Å². The van der Waals surface area contributed by atoms with Crippen LogP contribution in [0.4, 0.5) is 0 Å². The zero-order chi connectivity index (χ0) is 17.0. The predicted octanol–water partition coefficient (Wildman–Crippen LogP) is 1.24. The number of hydrogen-bond acceptors (Lipinski definition) is 5. The molecule has 1 fully saturated rings. The van der Waals surface area contributed by atoms with Crippen LogP contribution in [0.5, 0.6) is 0 Å². The molecule has 1 aliphatic rings. The summed E-state index contributed by atoms with van der Waals surface area (Å²) in [6, 6.07) is 5.09. The molecule has 1 atom stereocenters. The number of sulfonamides is 1. The second-order valence-corrected chi connectivity index (χ2v) is 7.20. The van der Waals surface area contributed by atoms with E-state index in [4.69, 9.17) is 9.84 Å². The fourth-order valence-electron chi connectivity index (χ4n) is 2.56. The third-order valence-electron chi connectivity index (χ3n) is 3.66. The smallest absolute Gasteiger partial charge is 0.338 e. The summed E-state index contributed by atoms with van der Waals surface area (Å²) in [6.45, 7) is 2.19. The first-order chi connectivity index (χ1) is 10.8. The first-order valence-electron chi connectivity index (χ1n) is 7.33. The normalized spacial score (nSPS) is 18.7. The number of benzene rings is 1. The van der Waals surface area contributed by atoms with Gasteiger partial charge in [-0.15, -0.1) is 0 Å². The fourth-order valence-corrected chi connectivity index (χ4v) is 4.34. The molecule has 0 unspecified atom stereocenters. The van der Waals surface area contributed by atoms with Gasteiger partial charge in [-0.1, -0.05) is 12.1 Å². The summed E-state index contributed by atoms with van der Waals surface area (Å²) in [5.74, 6) is -1.88. The monoisotopic (exact) mass is 341 g/mol. The molecule has 7 nitrogen and oxygen atoms in total. The van der Waals surface area contributed by atoms with Crippen LogP contribution in [-0.4, -0.2) is 49.0 Å². The summed E-state index contributed by atoms with van der Waals surface area (Å²) in [7, 11) is -3.71. The van der Waals surface area contributed by atoms with Crippen molar-refractivity contribution in [2.75, 3.05) is 13.2 Å². The quantitative estimate of drug-likeness (QED) is 0.781. The molecule has 1 aromatic carbocycles. The Hall–Kier alpha value is -1.93. The molecule has 1 N–H and O–H groups in total. The van der Waals surface area contributed by atoms with E-state index in [0.29, 0.717) is 24.0 Å². The molecule has 0 aliphatic carbocycles. The van der Waals surface area contributed by atoms with Crippen molar-refractivity contribution >= 4 is 22.0 Å². The Kier molecular flexibility index (Phi) is 5.38. The molecule has 8 heteroatoms. The Labute approximate surface area is 134 Å². The molecule has 2 rings (SSSR count). The number of carbonyl (C=O) groups excluding carboxylic acids is 1. The maximum absolute atomic E-state index is 12.4. The van der Waals surface area contributed by atoms with Gasteiger partial charge in [0.2, 0.25) is 10.0 Å². The van der Waals surface area contributed by atoms with Crippen LogP contribution >= 0.6 is 0 Å². The lowest BCUT2D eigenvalue weighted by Gasteiger charge is -2.20. The number of carboxylic acids is 1. The lowest BCUT2D eigenvalue weighted by atomic mass is 10.1. The van der Waals surface area contributed by atoms with E-state index in [1.165, 1.54) is 24.3 Å². The van der Waals surface area contributed by atoms with Crippen LogP contribution in [0.15, 0.2) is 24.3 Å². The van der Waals surface area contributed by atoms with Gasteiger partial charge in [0.25, 0.3) is 0 Å². The minimum atomic E-state index is -3.71. The number of carbonyl (C=O) groups is 2. The molecule has 0 aromatic heterocycles. The van der Waals surface area contributed by atoms with Gasteiger partial charge in [-0.25, -0.2) is 13.2 Å². The summed E-state index contributed by atoms with van der Waals surface area (Å²) in [5.41, 5.74) is 0.840. The second-order valence-electron chi connectivity index (χ2n) is 5.28. The SMILES string of the molecule is CCOC(=O)c1ccc(CS(=O)(=O)N2CCC[C@@H]2C(=O)O)cc1. The van der Waals surface area contributed by atoms with Crippen molar-refractivity contribution < 1.29 is 27.9 Å². The van der Waals surface area contributed by atoms with Crippen LogP contribution < -0.4 is 0 Å². The van der Waals surface area contributed by atoms with Crippen LogP contribution in [0, 0.1) is 0 Å². The minimum absolute atomic E-state index is 0.222. The van der Waals surface area contributed by atoms with Gasteiger partial charge >= 0.3 is 11.9 Å². The third kappa shape index (κ3) is 4.08. The zero-order valence-electron chi connectivity index (χ0n) is 12.8. The summed E-state index contributed by atoms with van der Waals surface area (Å²) in [4.78, 5) is 22.7. The van der Waals surface area contributed by atoms with Gasteiger partial charge in [0, 0.05) is 6.54 Å². The largest absolute Gasteiger partial charge is 0.480 e. The standard InChI is InChI=1S/C15H19NO6S/c1-2-22-15(19)12-7-5-11(6-8-12)10-23(20,21)16-9-3-4-13(16)14(17)18/h5-8,13H,2-4,9-10H2,1H3,(H,17,18)/t13-/m1/s1. The molecule has 1 aliphatic heterocycles. The molecule has 1 heterocycles. The lowest BCUT2D eigenvalue weighted by Crippen LogP contribution is -2.40. The van der Waals surface area contributed by atoms with Crippen LogP contribution in [0.2, 0.25) is 0 Å². The number of rotatable bonds is 6. The molecule has 0 saturated carbocycles. The molecule has 126 valence electrons. The van der Waals surface area contributed by atoms with Crippen molar-refractivity contribution in [1.29, 1.82) is 0 Å². The van der Waals surface area contributed by atoms with Crippen molar-refractivity contribution in [3.63, 3.8) is 0 Å². The Balaban J connectivity index is 2.11. The third-order valence-corrected chi connectivity index (χ3v) is 5.51. The zero-order valence-corrected chi connectivity index (χ0v) is 13.6. The Morgan fingerprint density at radius 3 is 2.52 bits per heavy atom. The molecule has 0 bridgehead atoms. The van der Waals surface area contributed by atoms with Crippen LogP contribution in [0.1, 0.15) is 35.7 Å². The van der Waals surface area contributed by atoms with Crippen molar-refractivity contribution in [3.8, 4) is 0 Å². The Morgan fingerprint density at radius 2 is 1.96 bits per heavy atom. The Morgan fingerprint density at radius 1 is 1.30 bits per heavy atom. The van der Waals surface area contributed by atoms with E-state index in [2.05, 4.69) is 0 Å². The maximum Gasteiger partial charge on any atom is 0.338 e. The van der Waals surface area contributed by atoms with Crippen molar-refractivity contribution in [2.24, 2.45) is 0 Å². The lowest BCUT2D eigenvalue weighted by molar-refractivity contribution is -0.140. The molecule has 23 heavy (non-hydrogen) atoms. The maximum atomic E-state index is 12.4. The predicted molar refractivity (Wildman–Crippen MR) is 82.4 cm³/mol. The Bertz CT molecular complexity index is 682. The van der Waals surface area contributed by atoms with E-state index in [-0.39, 0.29) is 18.9 Å². The van der Waals surface area contributed by atoms with Crippen molar-refractivity contribution in [2.45, 2.75) is 31.6 Å². The van der Waals surface area contributed by atoms with Gasteiger partial charge < -0.3 is 9.84 Å². The van der Waals surface area contributed by atoms with Gasteiger partial charge in [0.15, 0.2) is 0 Å².